The monoisotopic (exact) mass is 312 g/mol. The minimum absolute atomic E-state index is 0.275. The van der Waals surface area contributed by atoms with Crippen LogP contribution >= 0.6 is 0 Å². The fourth-order valence-electron chi connectivity index (χ4n) is 3.63. The summed E-state index contributed by atoms with van der Waals surface area (Å²) in [5.41, 5.74) is 2.22. The van der Waals surface area contributed by atoms with E-state index in [0.717, 1.165) is 50.2 Å². The summed E-state index contributed by atoms with van der Waals surface area (Å²) in [6, 6.07) is 8.58. The van der Waals surface area contributed by atoms with Gasteiger partial charge in [0.05, 0.1) is 11.0 Å². The number of hydrogen-bond acceptors (Lipinski definition) is 3. The number of carbonyl (C=O) groups is 1. The SMILES string of the molecule is Cn1c(N2CCC(NC(=O)C3CCC3)CC2)nc2ccccc21. The fourth-order valence-corrected chi connectivity index (χ4v) is 3.63. The predicted octanol–water partition coefficient (Wildman–Crippen LogP) is 2.46. The third-order valence-corrected chi connectivity index (χ3v) is 5.36. The van der Waals surface area contributed by atoms with E-state index in [1.165, 1.54) is 11.9 Å². The van der Waals surface area contributed by atoms with Crippen molar-refractivity contribution in [3.8, 4) is 0 Å². The van der Waals surface area contributed by atoms with Gasteiger partial charge in [0.2, 0.25) is 11.9 Å². The van der Waals surface area contributed by atoms with E-state index in [1.54, 1.807) is 0 Å². The Morgan fingerprint density at radius 3 is 2.57 bits per heavy atom. The van der Waals surface area contributed by atoms with Crippen LogP contribution in [-0.2, 0) is 11.8 Å². The zero-order chi connectivity index (χ0) is 15.8. The van der Waals surface area contributed by atoms with Crippen molar-refractivity contribution in [1.82, 2.24) is 14.9 Å². The second-order valence-electron chi connectivity index (χ2n) is 6.86. The van der Waals surface area contributed by atoms with Crippen LogP contribution in [0.25, 0.3) is 11.0 Å². The number of benzene rings is 1. The molecule has 5 heteroatoms. The van der Waals surface area contributed by atoms with E-state index in [9.17, 15) is 4.79 Å². The molecule has 122 valence electrons. The Morgan fingerprint density at radius 2 is 1.91 bits per heavy atom. The van der Waals surface area contributed by atoms with Gasteiger partial charge in [0, 0.05) is 32.1 Å². The smallest absolute Gasteiger partial charge is 0.223 e. The fraction of sp³-hybridized carbons (Fsp3) is 0.556. The van der Waals surface area contributed by atoms with Crippen LogP contribution in [0.4, 0.5) is 5.95 Å². The second-order valence-corrected chi connectivity index (χ2v) is 6.86. The number of aromatic nitrogens is 2. The standard InChI is InChI=1S/C18H24N4O/c1-21-16-8-3-2-7-15(16)20-18(21)22-11-9-14(10-12-22)19-17(23)13-5-4-6-13/h2-3,7-8,13-14H,4-6,9-12H2,1H3,(H,19,23). The van der Waals surface area contributed by atoms with E-state index in [2.05, 4.69) is 40.0 Å². The van der Waals surface area contributed by atoms with Crippen molar-refractivity contribution in [3.05, 3.63) is 24.3 Å². The minimum atomic E-state index is 0.275. The van der Waals surface area contributed by atoms with Gasteiger partial charge in [-0.1, -0.05) is 18.6 Å². The number of aryl methyl sites for hydroxylation is 1. The molecular weight excluding hydrogens is 288 g/mol. The average Bonchev–Trinajstić information content (AvgIpc) is 2.84. The lowest BCUT2D eigenvalue weighted by molar-refractivity contribution is -0.128. The highest BCUT2D eigenvalue weighted by atomic mass is 16.2. The maximum absolute atomic E-state index is 12.1. The molecule has 4 rings (SSSR count). The first-order chi connectivity index (χ1) is 11.2. The zero-order valence-electron chi connectivity index (χ0n) is 13.7. The van der Waals surface area contributed by atoms with Gasteiger partial charge in [-0.3, -0.25) is 4.79 Å². The van der Waals surface area contributed by atoms with E-state index >= 15 is 0 Å². The van der Waals surface area contributed by atoms with Gasteiger partial charge >= 0.3 is 0 Å². The number of piperidine rings is 1. The Balaban J connectivity index is 1.40. The van der Waals surface area contributed by atoms with E-state index in [4.69, 9.17) is 4.98 Å². The van der Waals surface area contributed by atoms with Crippen molar-refractivity contribution < 1.29 is 4.79 Å². The first-order valence-corrected chi connectivity index (χ1v) is 8.69. The molecule has 0 atom stereocenters. The number of anilines is 1. The second kappa shape index (κ2) is 5.87. The quantitative estimate of drug-likeness (QED) is 0.947. The third kappa shape index (κ3) is 2.69. The van der Waals surface area contributed by atoms with E-state index in [1.807, 2.05) is 6.07 Å². The predicted molar refractivity (Wildman–Crippen MR) is 91.4 cm³/mol. The molecule has 0 spiro atoms. The van der Waals surface area contributed by atoms with Crippen LogP contribution < -0.4 is 10.2 Å². The van der Waals surface area contributed by atoms with E-state index in [0.29, 0.717) is 6.04 Å². The Bertz CT molecular complexity index is 711. The first kappa shape index (κ1) is 14.5. The molecule has 1 N–H and O–H groups in total. The molecule has 1 amide bonds. The highest BCUT2D eigenvalue weighted by molar-refractivity contribution is 5.80. The molecule has 0 radical (unpaired) electrons. The molecule has 23 heavy (non-hydrogen) atoms. The molecule has 2 fully saturated rings. The number of para-hydroxylation sites is 2. The molecule has 1 aromatic heterocycles. The van der Waals surface area contributed by atoms with Crippen LogP contribution in [0.5, 0.6) is 0 Å². The Morgan fingerprint density at radius 1 is 1.17 bits per heavy atom. The normalized spacial score (nSPS) is 19.8. The van der Waals surface area contributed by atoms with Crippen molar-refractivity contribution in [1.29, 1.82) is 0 Å². The van der Waals surface area contributed by atoms with Gasteiger partial charge < -0.3 is 14.8 Å². The summed E-state index contributed by atoms with van der Waals surface area (Å²) in [6.07, 6.45) is 5.36. The molecule has 1 saturated heterocycles. The number of carbonyl (C=O) groups excluding carboxylic acids is 1. The van der Waals surface area contributed by atoms with Gasteiger partial charge in [-0.05, 0) is 37.8 Å². The molecule has 1 aliphatic heterocycles. The Labute approximate surface area is 136 Å². The summed E-state index contributed by atoms with van der Waals surface area (Å²) >= 11 is 0. The summed E-state index contributed by atoms with van der Waals surface area (Å²) < 4.78 is 2.17. The topological polar surface area (TPSA) is 50.2 Å². The van der Waals surface area contributed by atoms with Gasteiger partial charge in [0.25, 0.3) is 0 Å². The molecule has 1 aromatic carbocycles. The number of amides is 1. The summed E-state index contributed by atoms with van der Waals surface area (Å²) in [5.74, 6) is 1.60. The lowest BCUT2D eigenvalue weighted by Crippen LogP contribution is -2.47. The molecule has 0 unspecified atom stereocenters. The molecule has 1 aliphatic carbocycles. The first-order valence-electron chi connectivity index (χ1n) is 8.69. The van der Waals surface area contributed by atoms with Gasteiger partial charge in [-0.15, -0.1) is 0 Å². The minimum Gasteiger partial charge on any atom is -0.353 e. The summed E-state index contributed by atoms with van der Waals surface area (Å²) in [4.78, 5) is 19.2. The van der Waals surface area contributed by atoms with Crippen LogP contribution in [0.15, 0.2) is 24.3 Å². The number of imidazole rings is 1. The summed E-state index contributed by atoms with van der Waals surface area (Å²) in [5, 5.41) is 3.24. The van der Waals surface area contributed by atoms with Crippen molar-refractivity contribution in [2.75, 3.05) is 18.0 Å². The number of fused-ring (bicyclic) bond motifs is 1. The number of nitrogens with zero attached hydrogens (tertiary/aromatic N) is 3. The van der Waals surface area contributed by atoms with Gasteiger partial charge in [-0.2, -0.15) is 0 Å². The van der Waals surface area contributed by atoms with Crippen LogP contribution in [0.3, 0.4) is 0 Å². The van der Waals surface area contributed by atoms with Gasteiger partial charge in [0.1, 0.15) is 0 Å². The lowest BCUT2D eigenvalue weighted by Gasteiger charge is -2.34. The zero-order valence-corrected chi connectivity index (χ0v) is 13.7. The Kier molecular flexibility index (Phi) is 3.71. The molecule has 2 heterocycles. The molecule has 2 aromatic rings. The van der Waals surface area contributed by atoms with Gasteiger partial charge in [-0.25, -0.2) is 4.98 Å². The van der Waals surface area contributed by atoms with Crippen LogP contribution in [0.2, 0.25) is 0 Å². The number of hydrogen-bond donors (Lipinski definition) is 1. The maximum atomic E-state index is 12.1. The van der Waals surface area contributed by atoms with Crippen molar-refractivity contribution in [3.63, 3.8) is 0 Å². The third-order valence-electron chi connectivity index (χ3n) is 5.36. The molecule has 5 nitrogen and oxygen atoms in total. The van der Waals surface area contributed by atoms with Crippen molar-refractivity contribution in [2.45, 2.75) is 38.1 Å². The molecular formula is C18H24N4O. The van der Waals surface area contributed by atoms with Crippen LogP contribution in [0.1, 0.15) is 32.1 Å². The molecule has 0 bridgehead atoms. The lowest BCUT2D eigenvalue weighted by atomic mass is 9.84. The number of rotatable bonds is 3. The Hall–Kier alpha value is -2.04. The van der Waals surface area contributed by atoms with Crippen molar-refractivity contribution >= 4 is 22.9 Å². The molecule has 2 aliphatic rings. The van der Waals surface area contributed by atoms with Gasteiger partial charge in [0.15, 0.2) is 0 Å². The summed E-state index contributed by atoms with van der Waals surface area (Å²) in [7, 11) is 2.08. The summed E-state index contributed by atoms with van der Waals surface area (Å²) in [6.45, 7) is 1.90. The molecule has 1 saturated carbocycles. The van der Waals surface area contributed by atoms with Crippen molar-refractivity contribution in [2.24, 2.45) is 13.0 Å². The van der Waals surface area contributed by atoms with Crippen LogP contribution in [0, 0.1) is 5.92 Å². The van der Waals surface area contributed by atoms with E-state index in [-0.39, 0.29) is 11.8 Å². The van der Waals surface area contributed by atoms with E-state index < -0.39 is 0 Å². The van der Waals surface area contributed by atoms with Crippen LogP contribution in [-0.4, -0.2) is 34.6 Å². The largest absolute Gasteiger partial charge is 0.353 e. The number of nitrogens with one attached hydrogen (secondary N) is 1. The highest BCUT2D eigenvalue weighted by Crippen LogP contribution is 2.27. The highest BCUT2D eigenvalue weighted by Gasteiger charge is 2.29. The maximum Gasteiger partial charge on any atom is 0.223 e. The average molecular weight is 312 g/mol.